The van der Waals surface area contributed by atoms with E-state index in [0.29, 0.717) is 11.3 Å². The summed E-state index contributed by atoms with van der Waals surface area (Å²) in [4.78, 5) is 6.12. The van der Waals surface area contributed by atoms with Crippen LogP contribution in [-0.4, -0.2) is 12.0 Å². The van der Waals surface area contributed by atoms with Gasteiger partial charge in [-0.1, -0.05) is 6.07 Å². The molecule has 0 unspecified atom stereocenters. The number of rotatable bonds is 3. The first-order chi connectivity index (χ1) is 8.70. The maximum Gasteiger partial charge on any atom is 0.0992 e. The lowest BCUT2D eigenvalue weighted by Gasteiger charge is -2.21. The molecule has 2 aromatic rings. The van der Waals surface area contributed by atoms with Crippen molar-refractivity contribution in [2.75, 3.05) is 17.7 Å². The molecule has 0 saturated heterocycles. The Balaban J connectivity index is 2.19. The van der Waals surface area contributed by atoms with Crippen LogP contribution in [0.4, 0.5) is 11.4 Å². The number of benzene rings is 1. The minimum Gasteiger partial charge on any atom is -0.397 e. The first-order valence-electron chi connectivity index (χ1n) is 5.60. The molecule has 18 heavy (non-hydrogen) atoms. The summed E-state index contributed by atoms with van der Waals surface area (Å²) in [5.41, 5.74) is 9.16. The van der Waals surface area contributed by atoms with Gasteiger partial charge in [-0.15, -0.1) is 0 Å². The average Bonchev–Trinajstić information content (AvgIpc) is 2.39. The maximum atomic E-state index is 8.80. The first kappa shape index (κ1) is 11.9. The Bertz CT molecular complexity index is 572. The highest BCUT2D eigenvalue weighted by atomic mass is 15.1. The van der Waals surface area contributed by atoms with E-state index in [1.54, 1.807) is 18.3 Å². The van der Waals surface area contributed by atoms with Crippen LogP contribution >= 0.6 is 0 Å². The van der Waals surface area contributed by atoms with Gasteiger partial charge < -0.3 is 10.6 Å². The van der Waals surface area contributed by atoms with E-state index in [2.05, 4.69) is 11.1 Å². The quantitative estimate of drug-likeness (QED) is 0.832. The highest BCUT2D eigenvalue weighted by molar-refractivity contribution is 5.69. The predicted octanol–water partition coefficient (Wildman–Crippen LogP) is 2.17. The predicted molar refractivity (Wildman–Crippen MR) is 71.9 cm³/mol. The molecule has 0 aliphatic rings. The van der Waals surface area contributed by atoms with Crippen molar-refractivity contribution in [1.82, 2.24) is 4.98 Å². The topological polar surface area (TPSA) is 65.9 Å². The lowest BCUT2D eigenvalue weighted by atomic mass is 10.1. The van der Waals surface area contributed by atoms with Crippen LogP contribution in [0.25, 0.3) is 0 Å². The van der Waals surface area contributed by atoms with E-state index >= 15 is 0 Å². The normalized spacial score (nSPS) is 9.78. The molecule has 2 N–H and O–H groups in total. The van der Waals surface area contributed by atoms with Gasteiger partial charge in [0.25, 0.3) is 0 Å². The molecule has 0 atom stereocenters. The third kappa shape index (κ3) is 2.58. The highest BCUT2D eigenvalue weighted by Gasteiger charge is 2.06. The zero-order chi connectivity index (χ0) is 13.0. The molecule has 2 rings (SSSR count). The first-order valence-corrected chi connectivity index (χ1v) is 5.60. The summed E-state index contributed by atoms with van der Waals surface area (Å²) in [6.45, 7) is 0.726. The lowest BCUT2D eigenvalue weighted by Crippen LogP contribution is -2.17. The molecule has 1 aromatic heterocycles. The summed E-state index contributed by atoms with van der Waals surface area (Å²) in [7, 11) is 1.96. The van der Waals surface area contributed by atoms with Gasteiger partial charge in [-0.05, 0) is 29.8 Å². The molecule has 90 valence electrons. The van der Waals surface area contributed by atoms with E-state index in [0.717, 1.165) is 17.8 Å². The van der Waals surface area contributed by atoms with Gasteiger partial charge in [0, 0.05) is 26.0 Å². The number of hydrogen-bond donors (Lipinski definition) is 1. The minimum atomic E-state index is 0.575. The van der Waals surface area contributed by atoms with Crippen molar-refractivity contribution in [1.29, 1.82) is 5.26 Å². The number of nitrogens with zero attached hydrogens (tertiary/aromatic N) is 3. The molecule has 0 bridgehead atoms. The molecular weight excluding hydrogens is 224 g/mol. The van der Waals surface area contributed by atoms with Gasteiger partial charge in [-0.3, -0.25) is 4.98 Å². The summed E-state index contributed by atoms with van der Waals surface area (Å²) in [5, 5.41) is 8.80. The fraction of sp³-hybridized carbons (Fsp3) is 0.143. The van der Waals surface area contributed by atoms with Crippen LogP contribution < -0.4 is 10.6 Å². The van der Waals surface area contributed by atoms with Gasteiger partial charge >= 0.3 is 0 Å². The van der Waals surface area contributed by atoms with Crippen molar-refractivity contribution in [3.63, 3.8) is 0 Å². The Morgan fingerprint density at radius 2 is 2.22 bits per heavy atom. The van der Waals surface area contributed by atoms with Crippen molar-refractivity contribution < 1.29 is 0 Å². The fourth-order valence-electron chi connectivity index (χ4n) is 1.82. The molecule has 0 amide bonds. The Kier molecular flexibility index (Phi) is 3.44. The second kappa shape index (κ2) is 5.19. The third-order valence-corrected chi connectivity index (χ3v) is 2.71. The summed E-state index contributed by atoms with van der Waals surface area (Å²) < 4.78 is 0. The molecule has 1 heterocycles. The molecule has 0 radical (unpaired) electrons. The molecule has 0 fully saturated rings. The molecule has 4 nitrogen and oxygen atoms in total. The lowest BCUT2D eigenvalue weighted by molar-refractivity contribution is 0.917. The Morgan fingerprint density at radius 3 is 2.83 bits per heavy atom. The van der Waals surface area contributed by atoms with Gasteiger partial charge in [0.1, 0.15) is 0 Å². The highest BCUT2D eigenvalue weighted by Crippen LogP contribution is 2.24. The van der Waals surface area contributed by atoms with Gasteiger partial charge in [0.15, 0.2) is 0 Å². The van der Waals surface area contributed by atoms with E-state index < -0.39 is 0 Å². The standard InChI is InChI=1S/C14H14N4/c1-18(10-12-3-2-6-17-9-12)14-5-4-11(8-15)7-13(14)16/h2-7,9H,10,16H2,1H3. The van der Waals surface area contributed by atoms with Crippen LogP contribution in [0.1, 0.15) is 11.1 Å². The Labute approximate surface area is 106 Å². The molecular formula is C14H14N4. The second-order valence-electron chi connectivity index (χ2n) is 4.10. The summed E-state index contributed by atoms with van der Waals surface area (Å²) >= 11 is 0. The van der Waals surface area contributed by atoms with Crippen LogP contribution in [0.3, 0.4) is 0 Å². The number of nitrogens with two attached hydrogens (primary N) is 1. The van der Waals surface area contributed by atoms with Gasteiger partial charge in [0.2, 0.25) is 0 Å². The number of pyridine rings is 1. The number of aromatic nitrogens is 1. The summed E-state index contributed by atoms with van der Waals surface area (Å²) in [6, 6.07) is 11.3. The van der Waals surface area contributed by atoms with Crippen LogP contribution in [0.2, 0.25) is 0 Å². The minimum absolute atomic E-state index is 0.575. The zero-order valence-corrected chi connectivity index (χ0v) is 10.2. The maximum absolute atomic E-state index is 8.80. The van der Waals surface area contributed by atoms with Crippen LogP contribution in [0.5, 0.6) is 0 Å². The third-order valence-electron chi connectivity index (χ3n) is 2.71. The van der Waals surface area contributed by atoms with E-state index in [1.807, 2.05) is 36.3 Å². The smallest absolute Gasteiger partial charge is 0.0992 e. The number of hydrogen-bond acceptors (Lipinski definition) is 4. The van der Waals surface area contributed by atoms with Gasteiger partial charge in [-0.25, -0.2) is 0 Å². The van der Waals surface area contributed by atoms with E-state index in [9.17, 15) is 0 Å². The van der Waals surface area contributed by atoms with Gasteiger partial charge in [-0.2, -0.15) is 5.26 Å². The van der Waals surface area contributed by atoms with Crippen LogP contribution in [0.15, 0.2) is 42.7 Å². The van der Waals surface area contributed by atoms with Crippen LogP contribution in [-0.2, 0) is 6.54 Å². The number of nitriles is 1. The molecule has 0 spiro atoms. The second-order valence-corrected chi connectivity index (χ2v) is 4.10. The number of nitrogen functional groups attached to an aromatic ring is 1. The molecule has 0 aliphatic carbocycles. The summed E-state index contributed by atoms with van der Waals surface area (Å²) in [5.74, 6) is 0. The summed E-state index contributed by atoms with van der Waals surface area (Å²) in [6.07, 6.45) is 3.58. The SMILES string of the molecule is CN(Cc1cccnc1)c1ccc(C#N)cc1N. The van der Waals surface area contributed by atoms with Crippen molar-refractivity contribution in [3.05, 3.63) is 53.9 Å². The van der Waals surface area contributed by atoms with E-state index in [-0.39, 0.29) is 0 Å². The fourth-order valence-corrected chi connectivity index (χ4v) is 1.82. The molecule has 0 saturated carbocycles. The monoisotopic (exact) mass is 238 g/mol. The number of anilines is 2. The molecule has 1 aromatic carbocycles. The van der Waals surface area contributed by atoms with Crippen molar-refractivity contribution in [3.8, 4) is 6.07 Å². The largest absolute Gasteiger partial charge is 0.397 e. The van der Waals surface area contributed by atoms with Crippen molar-refractivity contribution >= 4 is 11.4 Å². The van der Waals surface area contributed by atoms with Crippen molar-refractivity contribution in [2.45, 2.75) is 6.54 Å². The van der Waals surface area contributed by atoms with E-state index in [4.69, 9.17) is 11.0 Å². The molecule has 0 aliphatic heterocycles. The molecule has 4 heteroatoms. The van der Waals surface area contributed by atoms with Crippen molar-refractivity contribution in [2.24, 2.45) is 0 Å². The Morgan fingerprint density at radius 1 is 1.39 bits per heavy atom. The van der Waals surface area contributed by atoms with E-state index in [1.165, 1.54) is 0 Å². The average molecular weight is 238 g/mol. The zero-order valence-electron chi connectivity index (χ0n) is 10.2. The van der Waals surface area contributed by atoms with Crippen LogP contribution in [0, 0.1) is 11.3 Å². The Hall–Kier alpha value is -2.54. The van der Waals surface area contributed by atoms with Gasteiger partial charge in [0.05, 0.1) is 23.0 Å².